The Hall–Kier alpha value is -0.540. The summed E-state index contributed by atoms with van der Waals surface area (Å²) in [6.07, 6.45) is 5.77. The zero-order valence-corrected chi connectivity index (χ0v) is 8.66. The van der Waals surface area contributed by atoms with Crippen molar-refractivity contribution in [2.75, 3.05) is 6.54 Å². The Kier molecular flexibility index (Phi) is 3.75. The number of aromatic nitrogens is 2. The summed E-state index contributed by atoms with van der Waals surface area (Å²) >= 11 is 0. The Morgan fingerprint density at radius 1 is 1.46 bits per heavy atom. The van der Waals surface area contributed by atoms with Crippen LogP contribution in [0.3, 0.4) is 0 Å². The highest BCUT2D eigenvalue weighted by atomic mass is 35.5. The third-order valence-corrected chi connectivity index (χ3v) is 2.53. The van der Waals surface area contributed by atoms with Crippen molar-refractivity contribution in [3.8, 4) is 0 Å². The number of nitrogens with one attached hydrogen (secondary N) is 2. The monoisotopic (exact) mass is 201 g/mol. The van der Waals surface area contributed by atoms with Crippen molar-refractivity contribution in [3.05, 3.63) is 17.5 Å². The third kappa shape index (κ3) is 2.23. The van der Waals surface area contributed by atoms with Crippen LogP contribution in [0.15, 0.2) is 6.20 Å². The quantitative estimate of drug-likeness (QED) is 0.730. The normalized spacial score (nSPS) is 22.4. The molecule has 2 rings (SSSR count). The predicted octanol–water partition coefficient (Wildman–Crippen LogP) is 1.95. The molecule has 1 fully saturated rings. The Morgan fingerprint density at radius 2 is 2.31 bits per heavy atom. The molecule has 0 amide bonds. The molecule has 1 saturated heterocycles. The fourth-order valence-corrected chi connectivity index (χ4v) is 1.81. The van der Waals surface area contributed by atoms with Gasteiger partial charge in [-0.25, -0.2) is 0 Å². The minimum absolute atomic E-state index is 0. The lowest BCUT2D eigenvalue weighted by Gasteiger charge is -2.22. The van der Waals surface area contributed by atoms with Gasteiger partial charge in [0.1, 0.15) is 0 Å². The summed E-state index contributed by atoms with van der Waals surface area (Å²) in [5, 5.41) is 10.6. The van der Waals surface area contributed by atoms with Gasteiger partial charge in [0, 0.05) is 6.04 Å². The van der Waals surface area contributed by atoms with E-state index in [0.29, 0.717) is 6.04 Å². The maximum absolute atomic E-state index is 4.03. The average molecular weight is 202 g/mol. The first-order valence-corrected chi connectivity index (χ1v) is 4.61. The molecule has 0 aliphatic carbocycles. The van der Waals surface area contributed by atoms with Gasteiger partial charge < -0.3 is 5.32 Å². The SMILES string of the molecule is Cc1cn[nH]c1C1CCCCN1.Cl. The first-order valence-electron chi connectivity index (χ1n) is 4.61. The van der Waals surface area contributed by atoms with Gasteiger partial charge in [0.25, 0.3) is 0 Å². The first-order chi connectivity index (χ1) is 5.88. The van der Waals surface area contributed by atoms with Gasteiger partial charge in [-0.05, 0) is 31.9 Å². The van der Waals surface area contributed by atoms with Gasteiger partial charge in [-0.1, -0.05) is 6.42 Å². The number of aromatic amines is 1. The van der Waals surface area contributed by atoms with E-state index in [1.165, 1.54) is 30.5 Å². The highest BCUT2D eigenvalue weighted by molar-refractivity contribution is 5.85. The molecule has 3 nitrogen and oxygen atoms in total. The van der Waals surface area contributed by atoms with E-state index in [-0.39, 0.29) is 12.4 Å². The second-order valence-electron chi connectivity index (χ2n) is 3.47. The van der Waals surface area contributed by atoms with Crippen LogP contribution in [0.1, 0.15) is 36.6 Å². The lowest BCUT2D eigenvalue weighted by Crippen LogP contribution is -2.27. The molecular formula is C9H16ClN3. The summed E-state index contributed by atoms with van der Waals surface area (Å²) in [7, 11) is 0. The van der Waals surface area contributed by atoms with Crippen LogP contribution in [0, 0.1) is 6.92 Å². The molecule has 0 aromatic carbocycles. The van der Waals surface area contributed by atoms with Crippen LogP contribution in [-0.2, 0) is 0 Å². The van der Waals surface area contributed by atoms with E-state index in [1.54, 1.807) is 0 Å². The first kappa shape index (κ1) is 10.5. The molecule has 1 aliphatic heterocycles. The van der Waals surface area contributed by atoms with Crippen LogP contribution in [0.25, 0.3) is 0 Å². The third-order valence-electron chi connectivity index (χ3n) is 2.53. The number of piperidine rings is 1. The summed E-state index contributed by atoms with van der Waals surface area (Å²) in [4.78, 5) is 0. The number of aryl methyl sites for hydroxylation is 1. The van der Waals surface area contributed by atoms with Crippen molar-refractivity contribution in [1.82, 2.24) is 15.5 Å². The minimum atomic E-state index is 0. The molecule has 1 aromatic rings. The molecular weight excluding hydrogens is 186 g/mol. The predicted molar refractivity (Wildman–Crippen MR) is 55.2 cm³/mol. The van der Waals surface area contributed by atoms with Crippen molar-refractivity contribution in [1.29, 1.82) is 0 Å². The number of nitrogens with zero attached hydrogens (tertiary/aromatic N) is 1. The van der Waals surface area contributed by atoms with E-state index in [1.807, 2.05) is 6.20 Å². The molecule has 2 N–H and O–H groups in total. The van der Waals surface area contributed by atoms with Gasteiger partial charge >= 0.3 is 0 Å². The zero-order chi connectivity index (χ0) is 8.39. The van der Waals surface area contributed by atoms with Gasteiger partial charge in [0.05, 0.1) is 11.9 Å². The molecule has 1 atom stereocenters. The van der Waals surface area contributed by atoms with Gasteiger partial charge in [-0.3, -0.25) is 5.10 Å². The summed E-state index contributed by atoms with van der Waals surface area (Å²) in [6, 6.07) is 0.515. The van der Waals surface area contributed by atoms with Crippen molar-refractivity contribution >= 4 is 12.4 Å². The number of H-pyrrole nitrogens is 1. The number of halogens is 1. The average Bonchev–Trinajstić information content (AvgIpc) is 2.53. The fraction of sp³-hybridized carbons (Fsp3) is 0.667. The van der Waals surface area contributed by atoms with Crippen LogP contribution in [0.4, 0.5) is 0 Å². The molecule has 0 bridgehead atoms. The molecule has 0 saturated carbocycles. The van der Waals surface area contributed by atoms with E-state index >= 15 is 0 Å². The lowest BCUT2D eigenvalue weighted by atomic mass is 10.0. The van der Waals surface area contributed by atoms with Gasteiger partial charge in [-0.15, -0.1) is 12.4 Å². The zero-order valence-electron chi connectivity index (χ0n) is 7.84. The topological polar surface area (TPSA) is 40.7 Å². The van der Waals surface area contributed by atoms with Crippen molar-refractivity contribution < 1.29 is 0 Å². The summed E-state index contributed by atoms with van der Waals surface area (Å²) in [5.41, 5.74) is 2.55. The summed E-state index contributed by atoms with van der Waals surface area (Å²) < 4.78 is 0. The Balaban J connectivity index is 0.000000845. The molecule has 1 unspecified atom stereocenters. The molecule has 4 heteroatoms. The molecule has 74 valence electrons. The van der Waals surface area contributed by atoms with E-state index in [4.69, 9.17) is 0 Å². The molecule has 13 heavy (non-hydrogen) atoms. The smallest absolute Gasteiger partial charge is 0.0550 e. The second-order valence-corrected chi connectivity index (χ2v) is 3.47. The Morgan fingerprint density at radius 3 is 2.85 bits per heavy atom. The fourth-order valence-electron chi connectivity index (χ4n) is 1.81. The molecule has 0 spiro atoms. The largest absolute Gasteiger partial charge is 0.309 e. The summed E-state index contributed by atoms with van der Waals surface area (Å²) in [5.74, 6) is 0. The van der Waals surface area contributed by atoms with Gasteiger partial charge in [0.2, 0.25) is 0 Å². The molecule has 1 aliphatic rings. The van der Waals surface area contributed by atoms with E-state index in [0.717, 1.165) is 6.54 Å². The van der Waals surface area contributed by atoms with Crippen LogP contribution >= 0.6 is 12.4 Å². The maximum atomic E-state index is 4.03. The number of hydrogen-bond acceptors (Lipinski definition) is 2. The standard InChI is InChI=1S/C9H15N3.ClH/c1-7-6-11-12-9(7)8-4-2-3-5-10-8;/h6,8,10H,2-5H2,1H3,(H,11,12);1H. The maximum Gasteiger partial charge on any atom is 0.0550 e. The van der Waals surface area contributed by atoms with Crippen LogP contribution in [0.2, 0.25) is 0 Å². The van der Waals surface area contributed by atoms with Gasteiger partial charge in [0.15, 0.2) is 0 Å². The highest BCUT2D eigenvalue weighted by Crippen LogP contribution is 2.22. The van der Waals surface area contributed by atoms with E-state index < -0.39 is 0 Å². The summed E-state index contributed by atoms with van der Waals surface area (Å²) in [6.45, 7) is 3.25. The van der Waals surface area contributed by atoms with Crippen LogP contribution in [-0.4, -0.2) is 16.7 Å². The van der Waals surface area contributed by atoms with Crippen molar-refractivity contribution in [3.63, 3.8) is 0 Å². The van der Waals surface area contributed by atoms with E-state index in [2.05, 4.69) is 22.4 Å². The van der Waals surface area contributed by atoms with Crippen LogP contribution in [0.5, 0.6) is 0 Å². The Bertz CT molecular complexity index is 253. The highest BCUT2D eigenvalue weighted by Gasteiger charge is 2.17. The van der Waals surface area contributed by atoms with Crippen LogP contribution < -0.4 is 5.32 Å². The van der Waals surface area contributed by atoms with Gasteiger partial charge in [-0.2, -0.15) is 5.10 Å². The molecule has 1 aromatic heterocycles. The molecule has 2 heterocycles. The molecule has 0 radical (unpaired) electrons. The van der Waals surface area contributed by atoms with E-state index in [9.17, 15) is 0 Å². The number of hydrogen-bond donors (Lipinski definition) is 2. The Labute approximate surface area is 84.7 Å². The second kappa shape index (κ2) is 4.63. The lowest BCUT2D eigenvalue weighted by molar-refractivity contribution is 0.404. The van der Waals surface area contributed by atoms with Crippen molar-refractivity contribution in [2.24, 2.45) is 0 Å². The minimum Gasteiger partial charge on any atom is -0.309 e. The van der Waals surface area contributed by atoms with Crippen molar-refractivity contribution in [2.45, 2.75) is 32.2 Å². The number of rotatable bonds is 1.